The van der Waals surface area contributed by atoms with Gasteiger partial charge in [0.15, 0.2) is 6.10 Å². The lowest BCUT2D eigenvalue weighted by atomic mass is 10.1. The molecule has 1 aromatic carbocycles. The van der Waals surface area contributed by atoms with Crippen molar-refractivity contribution in [2.45, 2.75) is 18.4 Å². The first kappa shape index (κ1) is 11.9. The van der Waals surface area contributed by atoms with Gasteiger partial charge >= 0.3 is 6.18 Å². The normalized spacial score (nSPS) is 23.9. The second kappa shape index (κ2) is 4.33. The largest absolute Gasteiger partial charge is 0.418 e. The molecule has 0 N–H and O–H groups in total. The Bertz CT molecular complexity index is 453. The lowest BCUT2D eigenvalue weighted by molar-refractivity contribution is -0.225. The van der Waals surface area contributed by atoms with Gasteiger partial charge < -0.3 is 4.74 Å². The van der Waals surface area contributed by atoms with E-state index in [2.05, 4.69) is 11.6 Å². The Hall–Kier alpha value is -1.62. The van der Waals surface area contributed by atoms with Crippen LogP contribution in [0.15, 0.2) is 41.9 Å². The van der Waals surface area contributed by atoms with Crippen molar-refractivity contribution < 1.29 is 17.9 Å². The number of aliphatic imine (C=N–C) groups is 1. The molecule has 1 aliphatic rings. The van der Waals surface area contributed by atoms with Crippen molar-refractivity contribution in [3.8, 4) is 0 Å². The second-order valence-electron chi connectivity index (χ2n) is 3.60. The van der Waals surface area contributed by atoms with Crippen LogP contribution in [0.3, 0.4) is 0 Å². The van der Waals surface area contributed by atoms with E-state index in [4.69, 9.17) is 4.74 Å². The van der Waals surface area contributed by atoms with E-state index in [1.807, 2.05) is 0 Å². The van der Waals surface area contributed by atoms with Crippen LogP contribution in [0, 0.1) is 0 Å². The molecule has 0 saturated carbocycles. The topological polar surface area (TPSA) is 21.6 Å². The summed E-state index contributed by atoms with van der Waals surface area (Å²) in [5.41, 5.74) is 0.305. The SMILES string of the molecule is C=CC1C=Nc2ccccc2C(C(F)(F)F)O1. The maximum Gasteiger partial charge on any atom is 0.418 e. The quantitative estimate of drug-likeness (QED) is 0.688. The van der Waals surface area contributed by atoms with Crippen molar-refractivity contribution in [3.05, 3.63) is 42.5 Å². The number of ether oxygens (including phenoxy) is 1. The fourth-order valence-electron chi connectivity index (χ4n) is 1.62. The monoisotopic (exact) mass is 241 g/mol. The molecule has 2 rings (SSSR count). The molecule has 2 nitrogen and oxygen atoms in total. The number of benzene rings is 1. The van der Waals surface area contributed by atoms with Gasteiger partial charge in [-0.25, -0.2) is 0 Å². The van der Waals surface area contributed by atoms with Crippen LogP contribution in [0.4, 0.5) is 18.9 Å². The molecule has 0 aliphatic carbocycles. The van der Waals surface area contributed by atoms with Gasteiger partial charge in [0.1, 0.15) is 6.10 Å². The Balaban J connectivity index is 2.49. The molecule has 1 aliphatic heterocycles. The molecule has 17 heavy (non-hydrogen) atoms. The van der Waals surface area contributed by atoms with Crippen molar-refractivity contribution in [2.75, 3.05) is 0 Å². The number of alkyl halides is 3. The molecule has 1 heterocycles. The van der Waals surface area contributed by atoms with Gasteiger partial charge in [-0.1, -0.05) is 24.3 Å². The first-order valence-electron chi connectivity index (χ1n) is 5.00. The number of hydrogen-bond acceptors (Lipinski definition) is 2. The van der Waals surface area contributed by atoms with Crippen LogP contribution < -0.4 is 0 Å². The molecular weight excluding hydrogens is 231 g/mol. The average molecular weight is 241 g/mol. The van der Waals surface area contributed by atoms with Gasteiger partial charge in [-0.2, -0.15) is 13.2 Å². The van der Waals surface area contributed by atoms with Crippen LogP contribution in [0.5, 0.6) is 0 Å². The van der Waals surface area contributed by atoms with Gasteiger partial charge in [0.05, 0.1) is 5.69 Å². The van der Waals surface area contributed by atoms with Gasteiger partial charge in [0.25, 0.3) is 0 Å². The van der Waals surface area contributed by atoms with Gasteiger partial charge in [-0.3, -0.25) is 4.99 Å². The average Bonchev–Trinajstić information content (AvgIpc) is 2.47. The van der Waals surface area contributed by atoms with Gasteiger partial charge in [0.2, 0.25) is 0 Å². The van der Waals surface area contributed by atoms with E-state index in [0.29, 0.717) is 0 Å². The molecule has 2 atom stereocenters. The number of nitrogens with zero attached hydrogens (tertiary/aromatic N) is 1. The van der Waals surface area contributed by atoms with Crippen molar-refractivity contribution in [3.63, 3.8) is 0 Å². The van der Waals surface area contributed by atoms with E-state index in [9.17, 15) is 13.2 Å². The number of rotatable bonds is 1. The molecule has 0 spiro atoms. The summed E-state index contributed by atoms with van der Waals surface area (Å²) in [5.74, 6) is 0. The summed E-state index contributed by atoms with van der Waals surface area (Å²) in [6.07, 6.45) is -4.67. The lowest BCUT2D eigenvalue weighted by Crippen LogP contribution is -2.27. The maximum absolute atomic E-state index is 12.9. The van der Waals surface area contributed by atoms with Crippen LogP contribution in [-0.4, -0.2) is 18.5 Å². The number of hydrogen-bond donors (Lipinski definition) is 0. The van der Waals surface area contributed by atoms with Gasteiger partial charge in [-0.15, -0.1) is 6.58 Å². The van der Waals surface area contributed by atoms with E-state index in [0.717, 1.165) is 0 Å². The summed E-state index contributed by atoms with van der Waals surface area (Å²) >= 11 is 0. The zero-order valence-electron chi connectivity index (χ0n) is 8.82. The molecule has 0 saturated heterocycles. The Morgan fingerprint density at radius 3 is 2.65 bits per heavy atom. The molecule has 2 unspecified atom stereocenters. The number of para-hydroxylation sites is 1. The Kier molecular flexibility index (Phi) is 3.02. The number of fused-ring (bicyclic) bond motifs is 1. The maximum atomic E-state index is 12.9. The zero-order chi connectivity index (χ0) is 12.5. The van der Waals surface area contributed by atoms with E-state index in [1.54, 1.807) is 6.07 Å². The van der Waals surface area contributed by atoms with Crippen molar-refractivity contribution in [1.82, 2.24) is 0 Å². The van der Waals surface area contributed by atoms with Crippen LogP contribution in [0.2, 0.25) is 0 Å². The summed E-state index contributed by atoms with van der Waals surface area (Å²) in [6, 6.07) is 6.07. The predicted molar refractivity (Wildman–Crippen MR) is 58.5 cm³/mol. The summed E-state index contributed by atoms with van der Waals surface area (Å²) in [7, 11) is 0. The van der Waals surface area contributed by atoms with Crippen molar-refractivity contribution in [1.29, 1.82) is 0 Å². The molecule has 1 aromatic rings. The van der Waals surface area contributed by atoms with E-state index >= 15 is 0 Å². The predicted octanol–water partition coefficient (Wildman–Crippen LogP) is 3.58. The molecule has 0 aromatic heterocycles. The highest BCUT2D eigenvalue weighted by molar-refractivity contribution is 5.72. The first-order chi connectivity index (χ1) is 8.02. The first-order valence-corrected chi connectivity index (χ1v) is 5.00. The fraction of sp³-hybridized carbons (Fsp3) is 0.250. The minimum absolute atomic E-state index is 0.0283. The van der Waals surface area contributed by atoms with Crippen molar-refractivity contribution >= 4 is 11.9 Å². The zero-order valence-corrected chi connectivity index (χ0v) is 8.82. The second-order valence-corrected chi connectivity index (χ2v) is 3.60. The Morgan fingerprint density at radius 1 is 1.29 bits per heavy atom. The standard InChI is InChI=1S/C12H10F3NO/c1-2-8-7-16-10-6-4-3-5-9(10)11(17-8)12(13,14)15/h2-8,11H,1H2. The fourth-order valence-corrected chi connectivity index (χ4v) is 1.62. The highest BCUT2D eigenvalue weighted by Crippen LogP contribution is 2.41. The molecule has 0 amide bonds. The van der Waals surface area contributed by atoms with Crippen LogP contribution in [-0.2, 0) is 4.74 Å². The molecule has 5 heteroatoms. The summed E-state index contributed by atoms with van der Waals surface area (Å²) in [5, 5.41) is 0. The Labute approximate surface area is 96.4 Å². The van der Waals surface area contributed by atoms with Gasteiger partial charge in [-0.05, 0) is 6.07 Å². The third-order valence-electron chi connectivity index (χ3n) is 2.40. The minimum Gasteiger partial charge on any atom is -0.351 e. The van der Waals surface area contributed by atoms with Crippen LogP contribution >= 0.6 is 0 Å². The highest BCUT2D eigenvalue weighted by atomic mass is 19.4. The van der Waals surface area contributed by atoms with Crippen LogP contribution in [0.1, 0.15) is 11.7 Å². The summed E-state index contributed by atoms with van der Waals surface area (Å²) in [4.78, 5) is 3.98. The van der Waals surface area contributed by atoms with Gasteiger partial charge in [0, 0.05) is 11.8 Å². The molecule has 0 fully saturated rings. The van der Waals surface area contributed by atoms with Crippen molar-refractivity contribution in [2.24, 2.45) is 4.99 Å². The third kappa shape index (κ3) is 2.39. The minimum atomic E-state index is -4.47. The van der Waals surface area contributed by atoms with Crippen LogP contribution in [0.25, 0.3) is 0 Å². The Morgan fingerprint density at radius 2 is 2.00 bits per heavy atom. The number of halogens is 3. The van der Waals surface area contributed by atoms with E-state index in [1.165, 1.54) is 30.5 Å². The summed E-state index contributed by atoms with van der Waals surface area (Å²) in [6.45, 7) is 3.42. The van der Waals surface area contributed by atoms with E-state index in [-0.39, 0.29) is 11.3 Å². The molecule has 90 valence electrons. The summed E-state index contributed by atoms with van der Waals surface area (Å²) < 4.78 is 43.6. The lowest BCUT2D eigenvalue weighted by Gasteiger charge is -2.22. The highest BCUT2D eigenvalue weighted by Gasteiger charge is 2.44. The third-order valence-corrected chi connectivity index (χ3v) is 2.40. The molecular formula is C12H10F3NO. The smallest absolute Gasteiger partial charge is 0.351 e. The van der Waals surface area contributed by atoms with E-state index < -0.39 is 18.4 Å². The molecule has 0 radical (unpaired) electrons. The molecule has 0 bridgehead atoms.